The van der Waals surface area contributed by atoms with Gasteiger partial charge >= 0.3 is 6.18 Å². The van der Waals surface area contributed by atoms with Crippen molar-refractivity contribution in [3.8, 4) is 0 Å². The number of nitrogens with zero attached hydrogens (tertiary/aromatic N) is 1. The second kappa shape index (κ2) is 4.02. The fourth-order valence-corrected chi connectivity index (χ4v) is 1.97. The highest BCUT2D eigenvalue weighted by Crippen LogP contribution is 2.34. The minimum atomic E-state index is -4.33. The number of aromatic nitrogens is 1. The zero-order valence-electron chi connectivity index (χ0n) is 9.60. The molecule has 1 heterocycles. The molecule has 2 rings (SSSR count). The van der Waals surface area contributed by atoms with Gasteiger partial charge < -0.3 is 0 Å². The average Bonchev–Trinajstić information content (AvgIpc) is 2.25. The van der Waals surface area contributed by atoms with Gasteiger partial charge in [-0.05, 0) is 42.7 Å². The Bertz CT molecular complexity index is 558. The van der Waals surface area contributed by atoms with Crippen LogP contribution in [-0.2, 0) is 12.6 Å². The number of alkyl halides is 3. The lowest BCUT2D eigenvalue weighted by atomic mass is 10.00. The van der Waals surface area contributed by atoms with E-state index in [0.29, 0.717) is 11.9 Å². The van der Waals surface area contributed by atoms with Crippen molar-refractivity contribution in [2.24, 2.45) is 0 Å². The van der Waals surface area contributed by atoms with E-state index < -0.39 is 11.7 Å². The van der Waals surface area contributed by atoms with Gasteiger partial charge in [-0.2, -0.15) is 13.2 Å². The van der Waals surface area contributed by atoms with Gasteiger partial charge in [-0.1, -0.05) is 6.92 Å². The Morgan fingerprint density at radius 2 is 1.94 bits per heavy atom. The van der Waals surface area contributed by atoms with Crippen molar-refractivity contribution in [1.82, 2.24) is 4.98 Å². The van der Waals surface area contributed by atoms with Gasteiger partial charge in [0, 0.05) is 11.6 Å². The van der Waals surface area contributed by atoms with Gasteiger partial charge in [0.15, 0.2) is 0 Å². The first-order chi connectivity index (χ1) is 7.93. The molecule has 0 fully saturated rings. The van der Waals surface area contributed by atoms with Gasteiger partial charge in [-0.25, -0.2) is 0 Å². The molecule has 0 radical (unpaired) electrons. The first-order valence-electron chi connectivity index (χ1n) is 5.39. The first-order valence-corrected chi connectivity index (χ1v) is 5.39. The number of pyridine rings is 1. The van der Waals surface area contributed by atoms with Gasteiger partial charge in [0.1, 0.15) is 0 Å². The average molecular weight is 239 g/mol. The third-order valence-corrected chi connectivity index (χ3v) is 2.89. The zero-order valence-corrected chi connectivity index (χ0v) is 9.60. The summed E-state index contributed by atoms with van der Waals surface area (Å²) in [5, 5.41) is 0.183. The first kappa shape index (κ1) is 11.9. The number of rotatable bonds is 1. The van der Waals surface area contributed by atoms with Crippen molar-refractivity contribution in [1.29, 1.82) is 0 Å². The van der Waals surface area contributed by atoms with Crippen LogP contribution >= 0.6 is 0 Å². The van der Waals surface area contributed by atoms with Crippen molar-refractivity contribution >= 4 is 10.9 Å². The van der Waals surface area contributed by atoms with Crippen molar-refractivity contribution in [3.05, 3.63) is 41.1 Å². The molecular formula is C13H12F3N. The zero-order chi connectivity index (χ0) is 12.6. The molecule has 0 saturated heterocycles. The van der Waals surface area contributed by atoms with Crippen LogP contribution in [0.1, 0.15) is 23.6 Å². The van der Waals surface area contributed by atoms with Crippen LogP contribution in [0.25, 0.3) is 10.9 Å². The van der Waals surface area contributed by atoms with Gasteiger partial charge in [0.2, 0.25) is 0 Å². The lowest BCUT2D eigenvalue weighted by Gasteiger charge is -2.12. The van der Waals surface area contributed by atoms with Crippen LogP contribution in [-0.4, -0.2) is 4.98 Å². The van der Waals surface area contributed by atoms with E-state index in [1.165, 1.54) is 6.20 Å². The molecule has 0 N–H and O–H groups in total. The topological polar surface area (TPSA) is 12.9 Å². The highest BCUT2D eigenvalue weighted by Gasteiger charge is 2.32. The largest absolute Gasteiger partial charge is 0.417 e. The molecule has 0 atom stereocenters. The fraction of sp³-hybridized carbons (Fsp3) is 0.308. The molecule has 0 amide bonds. The summed E-state index contributed by atoms with van der Waals surface area (Å²) in [6, 6.07) is 4.33. The summed E-state index contributed by atoms with van der Waals surface area (Å²) in [7, 11) is 0. The van der Waals surface area contributed by atoms with Gasteiger partial charge in [-0.15, -0.1) is 0 Å². The molecule has 0 spiro atoms. The number of benzene rings is 1. The van der Waals surface area contributed by atoms with Gasteiger partial charge in [0.25, 0.3) is 0 Å². The number of hydrogen-bond donors (Lipinski definition) is 0. The van der Waals surface area contributed by atoms with E-state index in [1.807, 2.05) is 13.8 Å². The van der Waals surface area contributed by atoms with Crippen LogP contribution in [0.5, 0.6) is 0 Å². The summed E-state index contributed by atoms with van der Waals surface area (Å²) in [5.41, 5.74) is 1.69. The van der Waals surface area contributed by atoms with E-state index in [9.17, 15) is 13.2 Å². The molecule has 2 aromatic rings. The van der Waals surface area contributed by atoms with Crippen LogP contribution in [0.15, 0.2) is 24.4 Å². The Morgan fingerprint density at radius 3 is 2.53 bits per heavy atom. The van der Waals surface area contributed by atoms with E-state index in [0.717, 1.165) is 17.2 Å². The Hall–Kier alpha value is -1.58. The molecule has 0 aliphatic carbocycles. The van der Waals surface area contributed by atoms with Crippen molar-refractivity contribution in [2.75, 3.05) is 0 Å². The SMILES string of the molecule is CCc1cc2c(C(F)(F)F)ccnc2cc1C. The lowest BCUT2D eigenvalue weighted by Crippen LogP contribution is -2.06. The Labute approximate surface area is 97.3 Å². The van der Waals surface area contributed by atoms with Crippen LogP contribution in [0.4, 0.5) is 13.2 Å². The summed E-state index contributed by atoms with van der Waals surface area (Å²) in [6.07, 6.45) is -2.41. The highest BCUT2D eigenvalue weighted by molar-refractivity contribution is 5.84. The minimum absolute atomic E-state index is 0.183. The lowest BCUT2D eigenvalue weighted by molar-refractivity contribution is -0.136. The van der Waals surface area contributed by atoms with E-state index in [1.54, 1.807) is 12.1 Å². The predicted molar refractivity (Wildman–Crippen MR) is 60.9 cm³/mol. The summed E-state index contributed by atoms with van der Waals surface area (Å²) in [5.74, 6) is 0. The molecule has 90 valence electrons. The van der Waals surface area contributed by atoms with Crippen LogP contribution < -0.4 is 0 Å². The molecule has 17 heavy (non-hydrogen) atoms. The van der Waals surface area contributed by atoms with Crippen molar-refractivity contribution in [3.63, 3.8) is 0 Å². The quantitative estimate of drug-likeness (QED) is 0.729. The van der Waals surface area contributed by atoms with Gasteiger partial charge in [0.05, 0.1) is 11.1 Å². The Morgan fingerprint density at radius 1 is 1.24 bits per heavy atom. The number of aryl methyl sites for hydroxylation is 2. The third-order valence-electron chi connectivity index (χ3n) is 2.89. The summed E-state index contributed by atoms with van der Waals surface area (Å²) in [6.45, 7) is 3.82. The normalized spacial score (nSPS) is 12.1. The molecule has 4 heteroatoms. The minimum Gasteiger partial charge on any atom is -0.256 e. The fourth-order valence-electron chi connectivity index (χ4n) is 1.97. The maximum atomic E-state index is 12.8. The van der Waals surface area contributed by atoms with E-state index in [-0.39, 0.29) is 5.39 Å². The second-order valence-corrected chi connectivity index (χ2v) is 4.01. The predicted octanol–water partition coefficient (Wildman–Crippen LogP) is 4.12. The molecule has 1 nitrogen and oxygen atoms in total. The standard InChI is InChI=1S/C13H12F3N/c1-3-9-7-10-11(13(14,15)16)4-5-17-12(10)6-8(9)2/h4-7H,3H2,1-2H3. The molecule has 1 aromatic carbocycles. The van der Waals surface area contributed by atoms with Crippen molar-refractivity contribution < 1.29 is 13.2 Å². The Balaban J connectivity index is 2.79. The molecule has 0 aliphatic rings. The highest BCUT2D eigenvalue weighted by atomic mass is 19.4. The van der Waals surface area contributed by atoms with Crippen LogP contribution in [0.2, 0.25) is 0 Å². The number of halogens is 3. The molecule has 0 unspecified atom stereocenters. The molecular weight excluding hydrogens is 227 g/mol. The van der Waals surface area contributed by atoms with Crippen LogP contribution in [0.3, 0.4) is 0 Å². The maximum absolute atomic E-state index is 12.8. The number of hydrogen-bond acceptors (Lipinski definition) is 1. The Kier molecular flexibility index (Phi) is 2.81. The van der Waals surface area contributed by atoms with Gasteiger partial charge in [-0.3, -0.25) is 4.98 Å². The molecule has 0 saturated carbocycles. The second-order valence-electron chi connectivity index (χ2n) is 4.01. The van der Waals surface area contributed by atoms with Crippen molar-refractivity contribution in [2.45, 2.75) is 26.4 Å². The molecule has 1 aromatic heterocycles. The summed E-state index contributed by atoms with van der Waals surface area (Å²) >= 11 is 0. The van der Waals surface area contributed by atoms with E-state index in [4.69, 9.17) is 0 Å². The third kappa shape index (κ3) is 2.12. The smallest absolute Gasteiger partial charge is 0.256 e. The summed E-state index contributed by atoms with van der Waals surface area (Å²) in [4.78, 5) is 3.99. The van der Waals surface area contributed by atoms with E-state index >= 15 is 0 Å². The monoisotopic (exact) mass is 239 g/mol. The maximum Gasteiger partial charge on any atom is 0.417 e. The van der Waals surface area contributed by atoms with E-state index in [2.05, 4.69) is 4.98 Å². The number of fused-ring (bicyclic) bond motifs is 1. The molecule has 0 bridgehead atoms. The van der Waals surface area contributed by atoms with Crippen LogP contribution in [0, 0.1) is 6.92 Å². The molecule has 0 aliphatic heterocycles. The summed E-state index contributed by atoms with van der Waals surface area (Å²) < 4.78 is 38.5.